The van der Waals surface area contributed by atoms with Crippen LogP contribution in [0.1, 0.15) is 46.0 Å². The monoisotopic (exact) mass is 292 g/mol. The number of nitrogens with one attached hydrogen (secondary N) is 1. The molecule has 116 valence electrons. The van der Waals surface area contributed by atoms with Crippen LogP contribution in [-0.4, -0.2) is 38.1 Å². The lowest BCUT2D eigenvalue weighted by Crippen LogP contribution is -2.67. The molecule has 0 spiro atoms. The zero-order valence-corrected chi connectivity index (χ0v) is 13.4. The number of amides is 2. The predicted octanol–water partition coefficient (Wildman–Crippen LogP) is 1.09. The lowest BCUT2D eigenvalue weighted by atomic mass is 9.97. The van der Waals surface area contributed by atoms with Crippen molar-refractivity contribution >= 4 is 11.8 Å². The predicted molar refractivity (Wildman–Crippen MR) is 79.5 cm³/mol. The van der Waals surface area contributed by atoms with Gasteiger partial charge in [-0.25, -0.2) is 0 Å². The van der Waals surface area contributed by atoms with Crippen LogP contribution in [0, 0.1) is 0 Å². The van der Waals surface area contributed by atoms with E-state index in [9.17, 15) is 9.59 Å². The van der Waals surface area contributed by atoms with Gasteiger partial charge in [-0.2, -0.15) is 5.10 Å². The SMILES string of the molecule is CCc1cc(CN2C(=O)C(C)(C)NC(=O)C2C)n(CC)n1. The van der Waals surface area contributed by atoms with E-state index in [2.05, 4.69) is 17.3 Å². The number of rotatable bonds is 4. The van der Waals surface area contributed by atoms with Crippen molar-refractivity contribution in [2.45, 2.75) is 65.7 Å². The zero-order valence-electron chi connectivity index (χ0n) is 13.4. The summed E-state index contributed by atoms with van der Waals surface area (Å²) in [7, 11) is 0. The highest BCUT2D eigenvalue weighted by molar-refractivity contribution is 5.99. The topological polar surface area (TPSA) is 67.2 Å². The summed E-state index contributed by atoms with van der Waals surface area (Å²) in [6, 6.07) is 1.55. The molecular weight excluding hydrogens is 268 g/mol. The molecule has 1 aromatic heterocycles. The molecule has 2 heterocycles. The maximum absolute atomic E-state index is 12.6. The van der Waals surface area contributed by atoms with Crippen molar-refractivity contribution in [2.75, 3.05) is 0 Å². The van der Waals surface area contributed by atoms with Crippen LogP contribution in [0.4, 0.5) is 0 Å². The highest BCUT2D eigenvalue weighted by Crippen LogP contribution is 2.21. The molecule has 0 radical (unpaired) electrons. The summed E-state index contributed by atoms with van der Waals surface area (Å²) in [4.78, 5) is 26.2. The van der Waals surface area contributed by atoms with Gasteiger partial charge in [-0.05, 0) is 40.2 Å². The molecule has 6 nitrogen and oxygen atoms in total. The molecule has 1 unspecified atom stereocenters. The molecule has 1 saturated heterocycles. The van der Waals surface area contributed by atoms with E-state index in [1.165, 1.54) is 0 Å². The van der Waals surface area contributed by atoms with E-state index < -0.39 is 11.6 Å². The second-order valence-electron chi connectivity index (χ2n) is 6.02. The number of aromatic nitrogens is 2. The minimum Gasteiger partial charge on any atom is -0.340 e. The van der Waals surface area contributed by atoms with Crippen LogP contribution in [0.25, 0.3) is 0 Å². The number of hydrogen-bond acceptors (Lipinski definition) is 3. The molecule has 2 amide bonds. The minimum atomic E-state index is -0.853. The van der Waals surface area contributed by atoms with Crippen molar-refractivity contribution in [3.05, 3.63) is 17.5 Å². The van der Waals surface area contributed by atoms with Gasteiger partial charge in [-0.3, -0.25) is 14.3 Å². The molecule has 1 atom stereocenters. The first-order valence-electron chi connectivity index (χ1n) is 7.48. The molecule has 0 aromatic carbocycles. The van der Waals surface area contributed by atoms with E-state index >= 15 is 0 Å². The van der Waals surface area contributed by atoms with Gasteiger partial charge in [0.25, 0.3) is 0 Å². The standard InChI is InChI=1S/C15H24N4O2/c1-6-11-8-12(19(7-2)17-11)9-18-10(3)13(20)16-15(4,5)14(18)21/h8,10H,6-7,9H2,1-5H3,(H,16,20). The second kappa shape index (κ2) is 5.50. The number of carbonyl (C=O) groups is 2. The van der Waals surface area contributed by atoms with Gasteiger partial charge >= 0.3 is 0 Å². The fourth-order valence-corrected chi connectivity index (χ4v) is 2.61. The van der Waals surface area contributed by atoms with Gasteiger partial charge in [-0.15, -0.1) is 0 Å². The smallest absolute Gasteiger partial charge is 0.248 e. The van der Waals surface area contributed by atoms with Gasteiger partial charge in [0.05, 0.1) is 17.9 Å². The summed E-state index contributed by atoms with van der Waals surface area (Å²) in [5, 5.41) is 7.26. The first-order chi connectivity index (χ1) is 9.80. The fraction of sp³-hybridized carbons (Fsp3) is 0.667. The maximum Gasteiger partial charge on any atom is 0.248 e. The van der Waals surface area contributed by atoms with Crippen LogP contribution in [0.2, 0.25) is 0 Å². The molecular formula is C15H24N4O2. The molecule has 6 heteroatoms. The third kappa shape index (κ3) is 2.80. The van der Waals surface area contributed by atoms with E-state index in [-0.39, 0.29) is 11.8 Å². The Hall–Kier alpha value is -1.85. The van der Waals surface area contributed by atoms with E-state index in [4.69, 9.17) is 0 Å². The normalized spacial score (nSPS) is 21.6. The minimum absolute atomic E-state index is 0.0588. The van der Waals surface area contributed by atoms with Crippen LogP contribution < -0.4 is 5.32 Å². The number of nitrogens with zero attached hydrogens (tertiary/aromatic N) is 3. The Morgan fingerprint density at radius 1 is 1.33 bits per heavy atom. The van der Waals surface area contributed by atoms with Gasteiger partial charge in [0.15, 0.2) is 0 Å². The van der Waals surface area contributed by atoms with Crippen molar-refractivity contribution in [1.29, 1.82) is 0 Å². The van der Waals surface area contributed by atoms with Crippen molar-refractivity contribution in [3.63, 3.8) is 0 Å². The number of hydrogen-bond donors (Lipinski definition) is 1. The summed E-state index contributed by atoms with van der Waals surface area (Å²) in [5.41, 5.74) is 1.13. The van der Waals surface area contributed by atoms with E-state index in [0.29, 0.717) is 6.54 Å². The number of piperazine rings is 1. The number of aryl methyl sites for hydroxylation is 2. The molecule has 0 bridgehead atoms. The fourth-order valence-electron chi connectivity index (χ4n) is 2.61. The molecule has 1 aliphatic heterocycles. The average molecular weight is 292 g/mol. The summed E-state index contributed by atoms with van der Waals surface area (Å²) < 4.78 is 1.90. The van der Waals surface area contributed by atoms with Crippen LogP contribution in [0.5, 0.6) is 0 Å². The third-order valence-electron chi connectivity index (χ3n) is 3.99. The highest BCUT2D eigenvalue weighted by Gasteiger charge is 2.43. The van der Waals surface area contributed by atoms with Crippen LogP contribution in [0.3, 0.4) is 0 Å². The molecule has 1 N–H and O–H groups in total. The van der Waals surface area contributed by atoms with Gasteiger partial charge in [0, 0.05) is 6.54 Å². The third-order valence-corrected chi connectivity index (χ3v) is 3.99. The molecule has 1 aromatic rings. The number of carbonyl (C=O) groups excluding carboxylic acids is 2. The zero-order chi connectivity index (χ0) is 15.8. The van der Waals surface area contributed by atoms with Gasteiger partial charge < -0.3 is 10.2 Å². The van der Waals surface area contributed by atoms with E-state index in [1.807, 2.05) is 17.7 Å². The van der Waals surface area contributed by atoms with Crippen molar-refractivity contribution < 1.29 is 9.59 Å². The first kappa shape index (κ1) is 15.5. The van der Waals surface area contributed by atoms with Crippen molar-refractivity contribution in [1.82, 2.24) is 20.0 Å². The van der Waals surface area contributed by atoms with E-state index in [0.717, 1.165) is 24.4 Å². The molecule has 21 heavy (non-hydrogen) atoms. The lowest BCUT2D eigenvalue weighted by Gasteiger charge is -2.41. The summed E-state index contributed by atoms with van der Waals surface area (Å²) in [6.07, 6.45) is 0.857. The Kier molecular flexibility index (Phi) is 4.07. The Labute approximate surface area is 125 Å². The van der Waals surface area contributed by atoms with E-state index in [1.54, 1.807) is 25.7 Å². The van der Waals surface area contributed by atoms with Crippen LogP contribution >= 0.6 is 0 Å². The van der Waals surface area contributed by atoms with Crippen LogP contribution in [0.15, 0.2) is 6.07 Å². The Bertz CT molecular complexity index is 562. The highest BCUT2D eigenvalue weighted by atomic mass is 16.2. The van der Waals surface area contributed by atoms with Crippen LogP contribution in [-0.2, 0) is 29.1 Å². The van der Waals surface area contributed by atoms with Crippen molar-refractivity contribution in [3.8, 4) is 0 Å². The molecule has 0 aliphatic carbocycles. The largest absolute Gasteiger partial charge is 0.340 e. The Balaban J connectivity index is 2.30. The average Bonchev–Trinajstić information content (AvgIpc) is 2.83. The van der Waals surface area contributed by atoms with Gasteiger partial charge in [0.1, 0.15) is 11.6 Å². The molecule has 1 fully saturated rings. The lowest BCUT2D eigenvalue weighted by molar-refractivity contribution is -0.153. The molecule has 1 aliphatic rings. The summed E-state index contributed by atoms with van der Waals surface area (Å²) >= 11 is 0. The second-order valence-corrected chi connectivity index (χ2v) is 6.02. The first-order valence-corrected chi connectivity index (χ1v) is 7.48. The quantitative estimate of drug-likeness (QED) is 0.903. The van der Waals surface area contributed by atoms with Crippen molar-refractivity contribution in [2.24, 2.45) is 0 Å². The Morgan fingerprint density at radius 2 is 2.00 bits per heavy atom. The Morgan fingerprint density at radius 3 is 2.57 bits per heavy atom. The molecule has 2 rings (SSSR count). The summed E-state index contributed by atoms with van der Waals surface area (Å²) in [6.45, 7) is 10.5. The maximum atomic E-state index is 12.6. The summed E-state index contributed by atoms with van der Waals surface area (Å²) in [5.74, 6) is -0.172. The van der Waals surface area contributed by atoms with Gasteiger partial charge in [0.2, 0.25) is 11.8 Å². The van der Waals surface area contributed by atoms with Gasteiger partial charge in [-0.1, -0.05) is 6.92 Å². The molecule has 0 saturated carbocycles.